The van der Waals surface area contributed by atoms with Crippen LogP contribution < -0.4 is 0 Å². The largest absolute Gasteiger partial charge is 0.508 e. The van der Waals surface area contributed by atoms with Crippen LogP contribution in [-0.4, -0.2) is 17.3 Å². The minimum atomic E-state index is -0.215. The smallest absolute Gasteiger partial charge is 0.118 e. The molecule has 1 aromatic carbocycles. The normalized spacial score (nSPS) is 17.3. The number of rotatable bonds is 6. The molecule has 1 aromatic rings. The van der Waals surface area contributed by atoms with Gasteiger partial charge in [0, 0.05) is 13.0 Å². The quantitative estimate of drug-likeness (QED) is 0.816. The molecule has 0 atom stereocenters. The fourth-order valence-electron chi connectivity index (χ4n) is 3.15. The Hall–Kier alpha value is -1.02. The topological polar surface area (TPSA) is 29.5 Å². The number of hydrogen-bond acceptors (Lipinski definition) is 2. The standard InChI is InChI=1S/C18H28O2/c1-18(2,14-16-10-6-7-11-17(16)19)20-13-12-15-8-4-3-5-9-15/h6-7,10-11,15,19H,3-5,8-9,12-14H2,1-2H3. The highest BCUT2D eigenvalue weighted by Gasteiger charge is 2.21. The molecule has 0 radical (unpaired) electrons. The van der Waals surface area contributed by atoms with E-state index in [4.69, 9.17) is 4.74 Å². The molecular weight excluding hydrogens is 248 g/mol. The van der Waals surface area contributed by atoms with Gasteiger partial charge < -0.3 is 9.84 Å². The summed E-state index contributed by atoms with van der Waals surface area (Å²) in [4.78, 5) is 0. The van der Waals surface area contributed by atoms with E-state index >= 15 is 0 Å². The minimum Gasteiger partial charge on any atom is -0.508 e. The van der Waals surface area contributed by atoms with Crippen LogP contribution in [0.2, 0.25) is 0 Å². The van der Waals surface area contributed by atoms with Crippen molar-refractivity contribution in [1.29, 1.82) is 0 Å². The Balaban J connectivity index is 1.77. The molecule has 1 saturated carbocycles. The van der Waals surface area contributed by atoms with Gasteiger partial charge >= 0.3 is 0 Å². The van der Waals surface area contributed by atoms with Crippen molar-refractivity contribution in [3.05, 3.63) is 29.8 Å². The van der Waals surface area contributed by atoms with E-state index in [0.717, 1.165) is 24.5 Å². The first-order valence-corrected chi connectivity index (χ1v) is 7.98. The lowest BCUT2D eigenvalue weighted by atomic mass is 9.87. The maximum absolute atomic E-state index is 9.85. The van der Waals surface area contributed by atoms with Crippen molar-refractivity contribution in [2.75, 3.05) is 6.61 Å². The summed E-state index contributed by atoms with van der Waals surface area (Å²) in [7, 11) is 0. The van der Waals surface area contributed by atoms with E-state index < -0.39 is 0 Å². The van der Waals surface area contributed by atoms with E-state index in [1.54, 1.807) is 6.07 Å². The van der Waals surface area contributed by atoms with Gasteiger partial charge in [-0.2, -0.15) is 0 Å². The Morgan fingerprint density at radius 1 is 1.15 bits per heavy atom. The van der Waals surface area contributed by atoms with Crippen LogP contribution in [0, 0.1) is 5.92 Å². The molecule has 1 aliphatic rings. The highest BCUT2D eigenvalue weighted by atomic mass is 16.5. The number of para-hydroxylation sites is 1. The Morgan fingerprint density at radius 2 is 1.85 bits per heavy atom. The second-order valence-electron chi connectivity index (χ2n) is 6.71. The predicted octanol–water partition coefficient (Wildman–Crippen LogP) is 4.70. The molecule has 2 nitrogen and oxygen atoms in total. The molecule has 0 spiro atoms. The van der Waals surface area contributed by atoms with Crippen molar-refractivity contribution in [1.82, 2.24) is 0 Å². The Bertz CT molecular complexity index is 406. The summed E-state index contributed by atoms with van der Waals surface area (Å²) in [5, 5.41) is 9.85. The summed E-state index contributed by atoms with van der Waals surface area (Å²) in [5.41, 5.74) is 0.753. The Kier molecular flexibility index (Phi) is 5.47. The highest BCUT2D eigenvalue weighted by molar-refractivity contribution is 5.32. The van der Waals surface area contributed by atoms with Crippen molar-refractivity contribution in [2.45, 2.75) is 64.4 Å². The van der Waals surface area contributed by atoms with Crippen LogP contribution in [-0.2, 0) is 11.2 Å². The monoisotopic (exact) mass is 276 g/mol. The Morgan fingerprint density at radius 3 is 2.55 bits per heavy atom. The second kappa shape index (κ2) is 7.12. The molecule has 1 fully saturated rings. The van der Waals surface area contributed by atoms with Crippen molar-refractivity contribution in [3.8, 4) is 5.75 Å². The summed E-state index contributed by atoms with van der Waals surface area (Å²) in [6, 6.07) is 7.54. The van der Waals surface area contributed by atoms with Crippen molar-refractivity contribution < 1.29 is 9.84 Å². The zero-order valence-corrected chi connectivity index (χ0v) is 12.9. The number of phenolic OH excluding ortho intramolecular Hbond substituents is 1. The molecule has 0 aromatic heterocycles. The first-order chi connectivity index (χ1) is 9.57. The van der Waals surface area contributed by atoms with Gasteiger partial charge in [-0.25, -0.2) is 0 Å². The molecule has 112 valence electrons. The summed E-state index contributed by atoms with van der Waals surface area (Å²) >= 11 is 0. The number of phenols is 1. The SMILES string of the molecule is CC(C)(Cc1ccccc1O)OCCC1CCCCC1. The van der Waals surface area contributed by atoms with Gasteiger partial charge in [-0.3, -0.25) is 0 Å². The van der Waals surface area contributed by atoms with Crippen molar-refractivity contribution >= 4 is 0 Å². The third-order valence-corrected chi connectivity index (χ3v) is 4.35. The van der Waals surface area contributed by atoms with Crippen LogP contribution in [0.5, 0.6) is 5.75 Å². The fourth-order valence-corrected chi connectivity index (χ4v) is 3.15. The molecule has 0 bridgehead atoms. The van der Waals surface area contributed by atoms with Gasteiger partial charge in [-0.1, -0.05) is 50.3 Å². The third-order valence-electron chi connectivity index (χ3n) is 4.35. The van der Waals surface area contributed by atoms with E-state index in [0.29, 0.717) is 5.75 Å². The second-order valence-corrected chi connectivity index (χ2v) is 6.71. The average Bonchev–Trinajstić information content (AvgIpc) is 2.42. The number of aromatic hydroxyl groups is 1. The molecule has 0 saturated heterocycles. The first-order valence-electron chi connectivity index (χ1n) is 7.98. The number of benzene rings is 1. The van der Waals surface area contributed by atoms with Gasteiger partial charge in [0.1, 0.15) is 5.75 Å². The van der Waals surface area contributed by atoms with Gasteiger partial charge in [-0.15, -0.1) is 0 Å². The van der Waals surface area contributed by atoms with Gasteiger partial charge in [-0.05, 0) is 37.8 Å². The lowest BCUT2D eigenvalue weighted by molar-refractivity contribution is -0.0245. The molecule has 1 aliphatic carbocycles. The lowest BCUT2D eigenvalue weighted by Crippen LogP contribution is -2.28. The van der Waals surface area contributed by atoms with Gasteiger partial charge in [0.15, 0.2) is 0 Å². The van der Waals surface area contributed by atoms with E-state index in [-0.39, 0.29) is 5.60 Å². The molecule has 2 rings (SSSR count). The maximum atomic E-state index is 9.85. The number of ether oxygens (including phenoxy) is 1. The van der Waals surface area contributed by atoms with Crippen LogP contribution in [0.3, 0.4) is 0 Å². The molecule has 0 unspecified atom stereocenters. The summed E-state index contributed by atoms with van der Waals surface area (Å²) < 4.78 is 6.08. The molecular formula is C18H28O2. The zero-order chi connectivity index (χ0) is 14.4. The molecule has 0 amide bonds. The van der Waals surface area contributed by atoms with Crippen LogP contribution in [0.25, 0.3) is 0 Å². The highest BCUT2D eigenvalue weighted by Crippen LogP contribution is 2.28. The maximum Gasteiger partial charge on any atom is 0.118 e. The molecule has 2 heteroatoms. The third kappa shape index (κ3) is 4.82. The molecule has 0 heterocycles. The number of hydrogen-bond donors (Lipinski definition) is 1. The summed E-state index contributed by atoms with van der Waals surface area (Å²) in [6.07, 6.45) is 8.90. The average molecular weight is 276 g/mol. The predicted molar refractivity (Wildman–Crippen MR) is 83.0 cm³/mol. The van der Waals surface area contributed by atoms with Crippen molar-refractivity contribution in [2.24, 2.45) is 5.92 Å². The van der Waals surface area contributed by atoms with E-state index in [1.165, 1.54) is 38.5 Å². The minimum absolute atomic E-state index is 0.215. The molecule has 1 N–H and O–H groups in total. The van der Waals surface area contributed by atoms with Gasteiger partial charge in [0.05, 0.1) is 5.60 Å². The molecule has 20 heavy (non-hydrogen) atoms. The molecule has 0 aliphatic heterocycles. The fraction of sp³-hybridized carbons (Fsp3) is 0.667. The lowest BCUT2D eigenvalue weighted by Gasteiger charge is -2.28. The van der Waals surface area contributed by atoms with Crippen LogP contribution in [0.4, 0.5) is 0 Å². The zero-order valence-electron chi connectivity index (χ0n) is 12.9. The van der Waals surface area contributed by atoms with E-state index in [2.05, 4.69) is 13.8 Å². The van der Waals surface area contributed by atoms with Crippen molar-refractivity contribution in [3.63, 3.8) is 0 Å². The van der Waals surface area contributed by atoms with Gasteiger partial charge in [0.25, 0.3) is 0 Å². The van der Waals surface area contributed by atoms with Crippen LogP contribution in [0.1, 0.15) is 57.9 Å². The first kappa shape index (κ1) is 15.4. The van der Waals surface area contributed by atoms with Gasteiger partial charge in [0.2, 0.25) is 0 Å². The van der Waals surface area contributed by atoms with E-state index in [1.807, 2.05) is 18.2 Å². The van der Waals surface area contributed by atoms with Crippen LogP contribution >= 0.6 is 0 Å². The summed E-state index contributed by atoms with van der Waals surface area (Å²) in [6.45, 7) is 5.06. The van der Waals surface area contributed by atoms with E-state index in [9.17, 15) is 5.11 Å². The van der Waals surface area contributed by atoms with Crippen LogP contribution in [0.15, 0.2) is 24.3 Å². The Labute approximate surface area is 123 Å². The summed E-state index contributed by atoms with van der Waals surface area (Å²) in [5.74, 6) is 1.24.